The second kappa shape index (κ2) is 2.53. The maximum Gasteiger partial charge on any atom is 0.360 e. The Morgan fingerprint density at radius 3 is 2.73 bits per heavy atom. The lowest BCUT2D eigenvalue weighted by molar-refractivity contribution is 0.0686. The number of carboxylic acids is 1. The van der Waals surface area contributed by atoms with E-state index in [1.54, 1.807) is 6.92 Å². The molecular weight excluding hydrogens is 148 g/mol. The van der Waals surface area contributed by atoms with E-state index in [1.807, 2.05) is 0 Å². The van der Waals surface area contributed by atoms with Gasteiger partial charge in [0, 0.05) is 6.20 Å². The number of nitrogens with zero attached hydrogens (tertiary/aromatic N) is 2. The van der Waals surface area contributed by atoms with Gasteiger partial charge in [0.05, 0.1) is 5.69 Å². The van der Waals surface area contributed by atoms with E-state index in [9.17, 15) is 4.79 Å². The van der Waals surface area contributed by atoms with Crippen LogP contribution < -0.4 is 0 Å². The van der Waals surface area contributed by atoms with E-state index in [0.29, 0.717) is 5.69 Å². The quantitative estimate of drug-likeness (QED) is 0.603. The fourth-order valence-corrected chi connectivity index (χ4v) is 0.615. The lowest BCUT2D eigenvalue weighted by atomic mass is 10.4. The first kappa shape index (κ1) is 7.46. The van der Waals surface area contributed by atoms with Gasteiger partial charge in [-0.25, -0.2) is 14.8 Å². The fourth-order valence-electron chi connectivity index (χ4n) is 0.615. The zero-order chi connectivity index (χ0) is 8.43. The summed E-state index contributed by atoms with van der Waals surface area (Å²) in [6.45, 7) is 1.61. The van der Waals surface area contributed by atoms with Gasteiger partial charge in [-0.2, -0.15) is 0 Å². The molecule has 0 aromatic carbocycles. The molecule has 11 heavy (non-hydrogen) atoms. The second-order valence-corrected chi connectivity index (χ2v) is 1.99. The average molecular weight is 154 g/mol. The molecule has 2 N–H and O–H groups in total. The van der Waals surface area contributed by atoms with E-state index in [0.717, 1.165) is 0 Å². The van der Waals surface area contributed by atoms with E-state index in [2.05, 4.69) is 9.97 Å². The summed E-state index contributed by atoms with van der Waals surface area (Å²) < 4.78 is 0. The van der Waals surface area contributed by atoms with Crippen molar-refractivity contribution in [1.29, 1.82) is 0 Å². The molecule has 0 radical (unpaired) electrons. The Bertz CT molecular complexity index is 298. The van der Waals surface area contributed by atoms with Crippen LogP contribution >= 0.6 is 0 Å². The SMILES string of the molecule is Cc1cnc(C(=O)O)c(O)n1. The van der Waals surface area contributed by atoms with Crippen molar-refractivity contribution in [3.05, 3.63) is 17.6 Å². The molecule has 0 atom stereocenters. The molecule has 0 spiro atoms. The van der Waals surface area contributed by atoms with Crippen molar-refractivity contribution in [2.24, 2.45) is 0 Å². The molecule has 1 heterocycles. The van der Waals surface area contributed by atoms with E-state index in [-0.39, 0.29) is 0 Å². The number of hydrogen-bond acceptors (Lipinski definition) is 4. The minimum atomic E-state index is -1.28. The molecule has 0 aliphatic rings. The molecule has 0 fully saturated rings. The van der Waals surface area contributed by atoms with Crippen LogP contribution in [-0.2, 0) is 0 Å². The van der Waals surface area contributed by atoms with Crippen molar-refractivity contribution in [2.75, 3.05) is 0 Å². The van der Waals surface area contributed by atoms with Crippen LogP contribution in [0.4, 0.5) is 0 Å². The van der Waals surface area contributed by atoms with Crippen molar-refractivity contribution in [1.82, 2.24) is 9.97 Å². The van der Waals surface area contributed by atoms with Gasteiger partial charge in [0.1, 0.15) is 0 Å². The molecule has 0 saturated carbocycles. The molecule has 0 aliphatic carbocycles. The van der Waals surface area contributed by atoms with E-state index >= 15 is 0 Å². The van der Waals surface area contributed by atoms with Crippen molar-refractivity contribution in [3.63, 3.8) is 0 Å². The minimum absolute atomic E-state index is 0.421. The van der Waals surface area contributed by atoms with Crippen LogP contribution in [0.1, 0.15) is 16.2 Å². The molecule has 5 nitrogen and oxygen atoms in total. The Morgan fingerprint density at radius 2 is 2.27 bits per heavy atom. The molecule has 0 amide bonds. The molecule has 1 aromatic heterocycles. The topological polar surface area (TPSA) is 83.3 Å². The highest BCUT2D eigenvalue weighted by Gasteiger charge is 2.11. The first-order valence-corrected chi connectivity index (χ1v) is 2.87. The van der Waals surface area contributed by atoms with Crippen molar-refractivity contribution < 1.29 is 15.0 Å². The van der Waals surface area contributed by atoms with Gasteiger partial charge in [-0.15, -0.1) is 0 Å². The van der Waals surface area contributed by atoms with Crippen LogP contribution in [0.25, 0.3) is 0 Å². The summed E-state index contributed by atoms with van der Waals surface area (Å²) in [6.07, 6.45) is 1.28. The molecule has 0 aliphatic heterocycles. The van der Waals surface area contributed by atoms with E-state index in [1.165, 1.54) is 6.20 Å². The summed E-state index contributed by atoms with van der Waals surface area (Å²) >= 11 is 0. The van der Waals surface area contributed by atoms with Crippen LogP contribution in [0.5, 0.6) is 5.88 Å². The van der Waals surface area contributed by atoms with Crippen molar-refractivity contribution >= 4 is 5.97 Å². The summed E-state index contributed by atoms with van der Waals surface area (Å²) in [5.74, 6) is -1.83. The van der Waals surface area contributed by atoms with Gasteiger partial charge in [0.2, 0.25) is 11.6 Å². The van der Waals surface area contributed by atoms with Crippen LogP contribution in [0, 0.1) is 6.92 Å². The van der Waals surface area contributed by atoms with Gasteiger partial charge >= 0.3 is 5.97 Å². The van der Waals surface area contributed by atoms with Gasteiger partial charge in [0.15, 0.2) is 0 Å². The molecule has 1 aromatic rings. The highest BCUT2D eigenvalue weighted by molar-refractivity contribution is 5.87. The van der Waals surface area contributed by atoms with Gasteiger partial charge in [0.25, 0.3) is 0 Å². The van der Waals surface area contributed by atoms with Crippen molar-refractivity contribution in [3.8, 4) is 5.88 Å². The second-order valence-electron chi connectivity index (χ2n) is 1.99. The van der Waals surface area contributed by atoms with Crippen LogP contribution in [-0.4, -0.2) is 26.2 Å². The zero-order valence-corrected chi connectivity index (χ0v) is 5.77. The summed E-state index contributed by atoms with van der Waals surface area (Å²) in [4.78, 5) is 17.2. The van der Waals surface area contributed by atoms with Crippen molar-refractivity contribution in [2.45, 2.75) is 6.92 Å². The zero-order valence-electron chi connectivity index (χ0n) is 5.77. The highest BCUT2D eigenvalue weighted by atomic mass is 16.4. The molecule has 5 heteroatoms. The maximum atomic E-state index is 10.3. The number of aromatic carboxylic acids is 1. The number of rotatable bonds is 1. The molecule has 0 saturated heterocycles. The van der Waals surface area contributed by atoms with Gasteiger partial charge in [-0.3, -0.25) is 0 Å². The minimum Gasteiger partial charge on any atom is -0.492 e. The maximum absolute atomic E-state index is 10.3. The Balaban J connectivity index is 3.20. The molecule has 58 valence electrons. The fraction of sp³-hybridized carbons (Fsp3) is 0.167. The monoisotopic (exact) mass is 154 g/mol. The molecule has 1 rings (SSSR count). The molecule has 0 unspecified atom stereocenters. The van der Waals surface area contributed by atoms with Gasteiger partial charge in [-0.05, 0) is 6.92 Å². The number of aryl methyl sites for hydroxylation is 1. The Hall–Kier alpha value is -1.65. The standard InChI is InChI=1S/C6H6N2O3/c1-3-2-7-4(6(10)11)5(9)8-3/h2H,1H3,(H,8,9)(H,10,11). The largest absolute Gasteiger partial charge is 0.492 e. The van der Waals surface area contributed by atoms with E-state index in [4.69, 9.17) is 10.2 Å². The van der Waals surface area contributed by atoms with Gasteiger partial charge in [-0.1, -0.05) is 0 Å². The Labute approximate surface area is 62.4 Å². The van der Waals surface area contributed by atoms with Crippen LogP contribution in [0.15, 0.2) is 6.20 Å². The summed E-state index contributed by atoms with van der Waals surface area (Å²) in [7, 11) is 0. The van der Waals surface area contributed by atoms with E-state index < -0.39 is 17.5 Å². The lowest BCUT2D eigenvalue weighted by Crippen LogP contribution is -2.02. The number of aromatic hydroxyl groups is 1. The van der Waals surface area contributed by atoms with Crippen LogP contribution in [0.2, 0.25) is 0 Å². The third-order valence-corrected chi connectivity index (χ3v) is 1.08. The number of carbonyl (C=O) groups is 1. The summed E-state index contributed by atoms with van der Waals surface area (Å²) in [5.41, 5.74) is 0.0584. The summed E-state index contributed by atoms with van der Waals surface area (Å²) in [6, 6.07) is 0. The van der Waals surface area contributed by atoms with Gasteiger partial charge < -0.3 is 10.2 Å². The number of carboxylic acid groups (broad SMARTS) is 1. The summed E-state index contributed by atoms with van der Waals surface area (Å²) in [5, 5.41) is 17.3. The number of aromatic nitrogens is 2. The Morgan fingerprint density at radius 1 is 1.64 bits per heavy atom. The third-order valence-electron chi connectivity index (χ3n) is 1.08. The predicted octanol–water partition coefficient (Wildman–Crippen LogP) is 0.189. The average Bonchev–Trinajstić information content (AvgIpc) is 1.85. The number of hydrogen-bond donors (Lipinski definition) is 2. The first-order valence-electron chi connectivity index (χ1n) is 2.87. The third kappa shape index (κ3) is 1.43. The highest BCUT2D eigenvalue weighted by Crippen LogP contribution is 2.09. The lowest BCUT2D eigenvalue weighted by Gasteiger charge is -1.96. The van der Waals surface area contributed by atoms with Crippen LogP contribution in [0.3, 0.4) is 0 Å². The first-order chi connectivity index (χ1) is 5.11. The normalized spacial score (nSPS) is 9.55. The molecular formula is C6H6N2O3. The molecule has 0 bridgehead atoms. The smallest absolute Gasteiger partial charge is 0.360 e. The predicted molar refractivity (Wildman–Crippen MR) is 35.4 cm³/mol. The Kier molecular flexibility index (Phi) is 1.72.